The zero-order valence-electron chi connectivity index (χ0n) is 22.6. The summed E-state index contributed by atoms with van der Waals surface area (Å²) in [6.45, 7) is 7.52. The van der Waals surface area contributed by atoms with Crippen molar-refractivity contribution in [3.63, 3.8) is 0 Å². The summed E-state index contributed by atoms with van der Waals surface area (Å²) in [4.78, 5) is 22.6. The van der Waals surface area contributed by atoms with Crippen LogP contribution >= 0.6 is 0 Å². The number of hydrogen-bond donors (Lipinski definition) is 1. The topological polar surface area (TPSA) is 57.7 Å². The molecule has 0 bridgehead atoms. The molecule has 1 aromatic heterocycles. The van der Waals surface area contributed by atoms with Crippen LogP contribution in [0.1, 0.15) is 37.3 Å². The summed E-state index contributed by atoms with van der Waals surface area (Å²) >= 11 is 0. The third-order valence-corrected chi connectivity index (χ3v) is 8.14. The number of amides is 1. The van der Waals surface area contributed by atoms with E-state index in [0.29, 0.717) is 6.54 Å². The molecule has 0 spiro atoms. The van der Waals surface area contributed by atoms with E-state index < -0.39 is 5.60 Å². The summed E-state index contributed by atoms with van der Waals surface area (Å²) in [6, 6.07) is 29.3. The molecule has 3 aromatic carbocycles. The van der Waals surface area contributed by atoms with Crippen LogP contribution in [0.5, 0.6) is 0 Å². The van der Waals surface area contributed by atoms with Crippen LogP contribution in [0.3, 0.4) is 0 Å². The van der Waals surface area contributed by atoms with Crippen molar-refractivity contribution in [1.82, 2.24) is 15.2 Å². The van der Waals surface area contributed by atoms with Crippen LogP contribution in [0.25, 0.3) is 22.0 Å². The summed E-state index contributed by atoms with van der Waals surface area (Å²) in [5, 5.41) is 4.03. The number of rotatable bonds is 8. The van der Waals surface area contributed by atoms with Gasteiger partial charge in [0.15, 0.2) is 5.60 Å². The number of ether oxygens (including phenoxy) is 1. The van der Waals surface area contributed by atoms with Gasteiger partial charge in [-0.2, -0.15) is 0 Å². The number of pyridine rings is 1. The number of fused-ring (bicyclic) bond motifs is 4. The van der Waals surface area contributed by atoms with Gasteiger partial charge in [0.2, 0.25) is 0 Å². The fourth-order valence-corrected chi connectivity index (χ4v) is 6.20. The van der Waals surface area contributed by atoms with Gasteiger partial charge in [-0.3, -0.25) is 4.90 Å². The Hall–Kier alpha value is -3.90. The van der Waals surface area contributed by atoms with Crippen LogP contribution in [0.4, 0.5) is 10.6 Å². The summed E-state index contributed by atoms with van der Waals surface area (Å²) in [6.07, 6.45) is 2.43. The van der Waals surface area contributed by atoms with Crippen molar-refractivity contribution in [2.24, 2.45) is 0 Å². The number of benzene rings is 3. The van der Waals surface area contributed by atoms with E-state index in [2.05, 4.69) is 81.8 Å². The molecule has 4 aromatic rings. The minimum Gasteiger partial charge on any atom is -0.433 e. The molecule has 6 heteroatoms. The van der Waals surface area contributed by atoms with Gasteiger partial charge in [0, 0.05) is 49.2 Å². The first-order chi connectivity index (χ1) is 19.2. The zero-order valence-corrected chi connectivity index (χ0v) is 22.6. The maximum Gasteiger partial charge on any atom is 0.408 e. The van der Waals surface area contributed by atoms with Crippen LogP contribution < -0.4 is 10.2 Å². The molecule has 1 aliphatic heterocycles. The monoisotopic (exact) mass is 520 g/mol. The van der Waals surface area contributed by atoms with E-state index in [-0.39, 0.29) is 6.09 Å². The van der Waals surface area contributed by atoms with Gasteiger partial charge in [0.25, 0.3) is 0 Å². The van der Waals surface area contributed by atoms with Gasteiger partial charge in [-0.05, 0) is 62.1 Å². The van der Waals surface area contributed by atoms with Gasteiger partial charge in [0.05, 0.1) is 5.52 Å². The zero-order chi connectivity index (χ0) is 26.7. The predicted octanol–water partition coefficient (Wildman–Crippen LogP) is 6.20. The average molecular weight is 521 g/mol. The number of para-hydroxylation sites is 1. The highest BCUT2D eigenvalue weighted by Gasteiger charge is 2.46. The quantitative estimate of drug-likeness (QED) is 0.281. The van der Waals surface area contributed by atoms with E-state index in [0.717, 1.165) is 85.6 Å². The van der Waals surface area contributed by atoms with Crippen molar-refractivity contribution in [2.45, 2.75) is 31.8 Å². The minimum absolute atomic E-state index is 0.359. The number of aromatic nitrogens is 1. The second-order valence-corrected chi connectivity index (χ2v) is 10.5. The normalized spacial score (nSPS) is 16.1. The molecule has 200 valence electrons. The molecule has 1 fully saturated rings. The van der Waals surface area contributed by atoms with E-state index >= 15 is 0 Å². The Balaban J connectivity index is 1.10. The molecule has 0 atom stereocenters. The van der Waals surface area contributed by atoms with Gasteiger partial charge in [-0.1, -0.05) is 66.7 Å². The molecule has 1 N–H and O–H groups in total. The van der Waals surface area contributed by atoms with E-state index in [9.17, 15) is 4.79 Å². The van der Waals surface area contributed by atoms with Gasteiger partial charge in [-0.15, -0.1) is 0 Å². The first kappa shape index (κ1) is 25.4. The Morgan fingerprint density at radius 1 is 0.846 bits per heavy atom. The largest absolute Gasteiger partial charge is 0.433 e. The Morgan fingerprint density at radius 2 is 1.51 bits per heavy atom. The van der Waals surface area contributed by atoms with E-state index in [4.69, 9.17) is 9.72 Å². The Labute approximate surface area is 230 Å². The number of carbonyl (C=O) groups is 1. The second-order valence-electron chi connectivity index (χ2n) is 10.5. The highest BCUT2D eigenvalue weighted by Crippen LogP contribution is 2.52. The molecule has 0 unspecified atom stereocenters. The Bertz CT molecular complexity index is 1420. The highest BCUT2D eigenvalue weighted by atomic mass is 16.6. The van der Waals surface area contributed by atoms with Gasteiger partial charge < -0.3 is 15.0 Å². The van der Waals surface area contributed by atoms with Crippen LogP contribution in [0, 0.1) is 0 Å². The molecular weight excluding hydrogens is 484 g/mol. The molecule has 0 saturated carbocycles. The molecule has 0 radical (unpaired) electrons. The number of hydrogen-bond acceptors (Lipinski definition) is 5. The molecule has 39 heavy (non-hydrogen) atoms. The summed E-state index contributed by atoms with van der Waals surface area (Å²) < 4.78 is 6.30. The van der Waals surface area contributed by atoms with E-state index in [1.165, 1.54) is 5.39 Å². The van der Waals surface area contributed by atoms with Crippen molar-refractivity contribution < 1.29 is 9.53 Å². The van der Waals surface area contributed by atoms with Gasteiger partial charge in [-0.25, -0.2) is 9.78 Å². The molecule has 6 nitrogen and oxygen atoms in total. The SMILES string of the molecule is CCNC(=O)OC1(CCCCN2CCN(c3ccc4ccccc4n3)CC2)c2ccccc2-c2ccccc21. The predicted molar refractivity (Wildman–Crippen MR) is 157 cm³/mol. The number of anilines is 1. The highest BCUT2D eigenvalue weighted by molar-refractivity contribution is 5.82. The lowest BCUT2D eigenvalue weighted by molar-refractivity contribution is 0.0331. The fourth-order valence-electron chi connectivity index (χ4n) is 6.20. The van der Waals surface area contributed by atoms with Crippen LogP contribution in [0.2, 0.25) is 0 Å². The maximum absolute atomic E-state index is 12.8. The number of carbonyl (C=O) groups excluding carboxylic acids is 1. The third kappa shape index (κ3) is 4.97. The second kappa shape index (κ2) is 11.1. The molecule has 2 heterocycles. The van der Waals surface area contributed by atoms with E-state index in [1.54, 1.807) is 0 Å². The number of piperazine rings is 1. The number of alkyl carbamates (subject to hydrolysis) is 1. The average Bonchev–Trinajstić information content (AvgIpc) is 3.25. The molecule has 1 aliphatic carbocycles. The van der Waals surface area contributed by atoms with Crippen molar-refractivity contribution >= 4 is 22.8 Å². The number of nitrogens with one attached hydrogen (secondary N) is 1. The molecule has 6 rings (SSSR count). The molecule has 1 amide bonds. The van der Waals surface area contributed by atoms with Crippen LogP contribution in [-0.4, -0.2) is 55.2 Å². The standard InChI is InChI=1S/C33H36N4O2/c1-2-34-32(38)39-33(28-14-6-4-12-26(28)27-13-5-7-15-29(27)33)19-9-10-20-36-21-23-37(24-22-36)31-18-17-25-11-3-8-16-30(25)35-31/h3-8,11-18H,2,9-10,19-24H2,1H3,(H,34,38). The lowest BCUT2D eigenvalue weighted by Crippen LogP contribution is -2.47. The minimum atomic E-state index is -0.757. The number of nitrogens with zero attached hydrogens (tertiary/aromatic N) is 3. The lowest BCUT2D eigenvalue weighted by atomic mass is 9.86. The molecule has 1 saturated heterocycles. The molecule has 2 aliphatic rings. The number of unbranched alkanes of at least 4 members (excludes halogenated alkanes) is 1. The smallest absolute Gasteiger partial charge is 0.408 e. The van der Waals surface area contributed by atoms with Crippen molar-refractivity contribution in [3.05, 3.63) is 96.1 Å². The first-order valence-corrected chi connectivity index (χ1v) is 14.2. The van der Waals surface area contributed by atoms with Crippen LogP contribution in [-0.2, 0) is 10.3 Å². The summed E-state index contributed by atoms with van der Waals surface area (Å²) in [5.41, 5.74) is 4.80. The Kier molecular flexibility index (Phi) is 7.20. The molecular formula is C33H36N4O2. The lowest BCUT2D eigenvalue weighted by Gasteiger charge is -2.36. The fraction of sp³-hybridized carbons (Fsp3) is 0.333. The maximum atomic E-state index is 12.8. The van der Waals surface area contributed by atoms with Gasteiger partial charge in [0.1, 0.15) is 5.82 Å². The van der Waals surface area contributed by atoms with Crippen LogP contribution in [0.15, 0.2) is 84.9 Å². The van der Waals surface area contributed by atoms with Crippen molar-refractivity contribution in [1.29, 1.82) is 0 Å². The Morgan fingerprint density at radius 3 is 2.23 bits per heavy atom. The first-order valence-electron chi connectivity index (χ1n) is 14.2. The van der Waals surface area contributed by atoms with Gasteiger partial charge >= 0.3 is 6.09 Å². The van der Waals surface area contributed by atoms with Crippen molar-refractivity contribution in [2.75, 3.05) is 44.2 Å². The van der Waals surface area contributed by atoms with E-state index in [1.807, 2.05) is 25.1 Å². The summed E-state index contributed by atoms with van der Waals surface area (Å²) in [7, 11) is 0. The summed E-state index contributed by atoms with van der Waals surface area (Å²) in [5.74, 6) is 1.07. The van der Waals surface area contributed by atoms with Crippen molar-refractivity contribution in [3.8, 4) is 11.1 Å². The third-order valence-electron chi connectivity index (χ3n) is 8.14.